The van der Waals surface area contributed by atoms with Gasteiger partial charge >= 0.3 is 6.09 Å². The van der Waals surface area contributed by atoms with E-state index in [0.717, 1.165) is 18.4 Å². The van der Waals surface area contributed by atoms with Gasteiger partial charge in [-0.3, -0.25) is 0 Å². The van der Waals surface area contributed by atoms with Crippen LogP contribution in [-0.4, -0.2) is 30.1 Å². The lowest BCUT2D eigenvalue weighted by Gasteiger charge is -2.38. The van der Waals surface area contributed by atoms with E-state index in [9.17, 15) is 4.79 Å². The van der Waals surface area contributed by atoms with Crippen molar-refractivity contribution >= 4 is 18.5 Å². The van der Waals surface area contributed by atoms with Crippen molar-refractivity contribution in [3.8, 4) is 0 Å². The van der Waals surface area contributed by atoms with Gasteiger partial charge in [-0.2, -0.15) is 0 Å². The summed E-state index contributed by atoms with van der Waals surface area (Å²) in [5.74, 6) is 0. The highest BCUT2D eigenvalue weighted by Crippen LogP contribution is 2.23. The van der Waals surface area contributed by atoms with Gasteiger partial charge in [-0.05, 0) is 18.4 Å². The van der Waals surface area contributed by atoms with Crippen LogP contribution in [0.5, 0.6) is 0 Å². The van der Waals surface area contributed by atoms with Gasteiger partial charge in [0, 0.05) is 19.1 Å². The Labute approximate surface area is 114 Å². The molecule has 2 N–H and O–H groups in total. The molecule has 0 saturated heterocycles. The molecule has 0 atom stereocenters. The number of nitrogens with zero attached hydrogens (tertiary/aromatic N) is 1. The molecule has 0 radical (unpaired) electrons. The molecule has 0 aromatic heterocycles. The third kappa shape index (κ3) is 3.62. The fraction of sp³-hybridized carbons (Fsp3) is 0.462. The predicted octanol–water partition coefficient (Wildman–Crippen LogP) is 2.17. The highest BCUT2D eigenvalue weighted by molar-refractivity contribution is 5.85. The van der Waals surface area contributed by atoms with E-state index in [0.29, 0.717) is 6.61 Å². The first kappa shape index (κ1) is 14.8. The molecule has 0 unspecified atom stereocenters. The Bertz CT molecular complexity index is 380. The second kappa shape index (κ2) is 6.61. The third-order valence-electron chi connectivity index (χ3n) is 3.19. The maximum atomic E-state index is 11.7. The summed E-state index contributed by atoms with van der Waals surface area (Å²) in [5, 5.41) is 0. The molecule has 1 amide bonds. The van der Waals surface area contributed by atoms with E-state index in [1.165, 1.54) is 0 Å². The molecule has 0 spiro atoms. The van der Waals surface area contributed by atoms with Crippen LogP contribution in [0.15, 0.2) is 30.3 Å². The van der Waals surface area contributed by atoms with Crippen LogP contribution in [0.4, 0.5) is 4.79 Å². The van der Waals surface area contributed by atoms with E-state index in [-0.39, 0.29) is 30.6 Å². The van der Waals surface area contributed by atoms with Gasteiger partial charge in [0.1, 0.15) is 6.61 Å². The average molecular weight is 271 g/mol. The largest absolute Gasteiger partial charge is 0.445 e. The molecule has 4 nitrogen and oxygen atoms in total. The van der Waals surface area contributed by atoms with Gasteiger partial charge in [0.15, 0.2) is 0 Å². The summed E-state index contributed by atoms with van der Waals surface area (Å²) in [4.78, 5) is 13.4. The Morgan fingerprint density at radius 2 is 2.00 bits per heavy atom. The molecule has 1 aromatic rings. The highest BCUT2D eigenvalue weighted by Gasteiger charge is 2.32. The fourth-order valence-electron chi connectivity index (χ4n) is 1.92. The summed E-state index contributed by atoms with van der Waals surface area (Å²) in [6.07, 6.45) is 1.47. The van der Waals surface area contributed by atoms with Crippen molar-refractivity contribution in [2.24, 2.45) is 5.73 Å². The lowest BCUT2D eigenvalue weighted by atomic mass is 9.87. The maximum Gasteiger partial charge on any atom is 0.410 e. The zero-order chi connectivity index (χ0) is 12.3. The molecule has 0 heterocycles. The van der Waals surface area contributed by atoms with E-state index in [4.69, 9.17) is 10.5 Å². The van der Waals surface area contributed by atoms with Crippen LogP contribution in [0, 0.1) is 0 Å². The van der Waals surface area contributed by atoms with Crippen molar-refractivity contribution in [2.45, 2.75) is 31.5 Å². The second-order valence-corrected chi connectivity index (χ2v) is 4.54. The highest BCUT2D eigenvalue weighted by atomic mass is 35.5. The van der Waals surface area contributed by atoms with E-state index in [2.05, 4.69) is 0 Å². The summed E-state index contributed by atoms with van der Waals surface area (Å²) >= 11 is 0. The van der Waals surface area contributed by atoms with Crippen LogP contribution < -0.4 is 5.73 Å². The number of nitrogens with two attached hydrogens (primary N) is 1. The number of amides is 1. The van der Waals surface area contributed by atoms with Crippen molar-refractivity contribution in [1.82, 2.24) is 4.90 Å². The number of hydrogen-bond donors (Lipinski definition) is 1. The number of rotatable bonds is 3. The van der Waals surface area contributed by atoms with E-state index < -0.39 is 0 Å². The monoisotopic (exact) mass is 270 g/mol. The molecular formula is C13H19ClN2O2. The quantitative estimate of drug-likeness (QED) is 0.916. The minimum Gasteiger partial charge on any atom is -0.445 e. The van der Waals surface area contributed by atoms with Crippen LogP contribution in [0.25, 0.3) is 0 Å². The second-order valence-electron chi connectivity index (χ2n) is 4.54. The molecule has 5 heteroatoms. The van der Waals surface area contributed by atoms with Gasteiger partial charge in [0.25, 0.3) is 0 Å². The molecular weight excluding hydrogens is 252 g/mol. The summed E-state index contributed by atoms with van der Waals surface area (Å²) < 4.78 is 5.23. The number of ether oxygens (including phenoxy) is 1. The van der Waals surface area contributed by atoms with Crippen molar-refractivity contribution < 1.29 is 9.53 Å². The molecule has 0 aliphatic heterocycles. The number of carbonyl (C=O) groups is 1. The Balaban J connectivity index is 0.00000162. The molecule has 2 rings (SSSR count). The average Bonchev–Trinajstić information content (AvgIpc) is 2.32. The molecule has 1 aromatic carbocycles. The minimum atomic E-state index is -0.272. The van der Waals surface area contributed by atoms with Crippen LogP contribution in [-0.2, 0) is 11.3 Å². The van der Waals surface area contributed by atoms with Gasteiger partial charge in [-0.1, -0.05) is 30.3 Å². The van der Waals surface area contributed by atoms with Gasteiger partial charge in [-0.25, -0.2) is 4.79 Å². The number of carbonyl (C=O) groups excluding carboxylic acids is 1. The number of benzene rings is 1. The van der Waals surface area contributed by atoms with E-state index >= 15 is 0 Å². The first-order chi connectivity index (χ1) is 8.16. The van der Waals surface area contributed by atoms with Crippen LogP contribution in [0.2, 0.25) is 0 Å². The minimum absolute atomic E-state index is 0. The van der Waals surface area contributed by atoms with Crippen LogP contribution in [0.3, 0.4) is 0 Å². The fourth-order valence-corrected chi connectivity index (χ4v) is 1.92. The van der Waals surface area contributed by atoms with Gasteiger partial charge in [0.2, 0.25) is 0 Å². The maximum absolute atomic E-state index is 11.7. The Kier molecular flexibility index (Phi) is 5.44. The van der Waals surface area contributed by atoms with Crippen molar-refractivity contribution in [3.05, 3.63) is 35.9 Å². The van der Waals surface area contributed by atoms with Gasteiger partial charge < -0.3 is 15.4 Å². The summed E-state index contributed by atoms with van der Waals surface area (Å²) in [6.45, 7) is 0.322. The van der Waals surface area contributed by atoms with Crippen molar-refractivity contribution in [2.75, 3.05) is 7.05 Å². The third-order valence-corrected chi connectivity index (χ3v) is 3.19. The first-order valence-corrected chi connectivity index (χ1v) is 5.86. The first-order valence-electron chi connectivity index (χ1n) is 5.86. The summed E-state index contributed by atoms with van der Waals surface area (Å²) in [7, 11) is 1.77. The summed E-state index contributed by atoms with van der Waals surface area (Å²) in [6, 6.07) is 10.2. The van der Waals surface area contributed by atoms with Gasteiger partial charge in [-0.15, -0.1) is 12.4 Å². The van der Waals surface area contributed by atoms with Crippen molar-refractivity contribution in [1.29, 1.82) is 0 Å². The lowest BCUT2D eigenvalue weighted by Crippen LogP contribution is -2.51. The SMILES string of the molecule is CN(C(=O)OCc1ccccc1)C1CC(N)C1.Cl. The standard InChI is InChI=1S/C13H18N2O2.ClH/c1-15(12-7-11(14)8-12)13(16)17-9-10-5-3-2-4-6-10;/h2-6,11-12H,7-9,14H2,1H3;1H. The molecule has 1 fully saturated rings. The predicted molar refractivity (Wildman–Crippen MR) is 72.6 cm³/mol. The van der Waals surface area contributed by atoms with Crippen LogP contribution >= 0.6 is 12.4 Å². The van der Waals surface area contributed by atoms with Crippen LogP contribution in [0.1, 0.15) is 18.4 Å². The van der Waals surface area contributed by atoms with E-state index in [1.807, 2.05) is 30.3 Å². The van der Waals surface area contributed by atoms with Gasteiger partial charge in [0.05, 0.1) is 0 Å². The molecule has 1 aliphatic rings. The zero-order valence-corrected chi connectivity index (χ0v) is 11.2. The topological polar surface area (TPSA) is 55.6 Å². The van der Waals surface area contributed by atoms with Crippen molar-refractivity contribution in [3.63, 3.8) is 0 Å². The Morgan fingerprint density at radius 3 is 2.56 bits per heavy atom. The molecule has 18 heavy (non-hydrogen) atoms. The molecule has 1 aliphatic carbocycles. The van der Waals surface area contributed by atoms with E-state index in [1.54, 1.807) is 11.9 Å². The number of halogens is 1. The zero-order valence-electron chi connectivity index (χ0n) is 10.4. The smallest absolute Gasteiger partial charge is 0.410 e. The molecule has 100 valence electrons. The lowest BCUT2D eigenvalue weighted by molar-refractivity contribution is 0.0698. The Morgan fingerprint density at radius 1 is 1.39 bits per heavy atom. The molecule has 0 bridgehead atoms. The normalized spacial score (nSPS) is 21.4. The molecule has 1 saturated carbocycles. The Hall–Kier alpha value is -1.26. The number of hydrogen-bond acceptors (Lipinski definition) is 3. The summed E-state index contributed by atoms with van der Waals surface area (Å²) in [5.41, 5.74) is 6.69.